The Morgan fingerprint density at radius 2 is 0.963 bits per heavy atom. The third kappa shape index (κ3) is 8.16. The van der Waals surface area contributed by atoms with Gasteiger partial charge >= 0.3 is 0 Å². The standard InChI is InChI=1S/C46H57O5PSi2/c1-34-29-30-42(35(2)31-34)52-51-44-41(33-49-54(46(6,7)8,38-25-17-11-18-26-38)39-27-19-12-20-28-39)50-40(43(44)47)32-48-53(45(3,4)5,36-21-13-9-14-22-36)37-23-15-10-16-24-37/h9-31,40-41,43-44,47,52H,32-33H2,1-8H3/t40-,41-,43-,44-/m1/s1. The second kappa shape index (κ2) is 16.9. The molecule has 284 valence electrons. The van der Waals surface area contributed by atoms with Gasteiger partial charge in [-0.15, -0.1) is 0 Å². The highest BCUT2D eigenvalue weighted by Gasteiger charge is 2.54. The van der Waals surface area contributed by atoms with Crippen molar-refractivity contribution in [3.8, 4) is 0 Å². The molecule has 0 aliphatic carbocycles. The van der Waals surface area contributed by atoms with E-state index in [1.165, 1.54) is 31.9 Å². The molecule has 54 heavy (non-hydrogen) atoms. The van der Waals surface area contributed by atoms with Crippen LogP contribution in [0.25, 0.3) is 0 Å². The summed E-state index contributed by atoms with van der Waals surface area (Å²) in [5.41, 5.74) is 2.39. The van der Waals surface area contributed by atoms with Crippen molar-refractivity contribution in [3.63, 3.8) is 0 Å². The molecule has 5 aromatic rings. The Morgan fingerprint density at radius 1 is 0.574 bits per heavy atom. The van der Waals surface area contributed by atoms with E-state index < -0.39 is 41.1 Å². The fraction of sp³-hybridized carbons (Fsp3) is 0.348. The maximum atomic E-state index is 12.2. The van der Waals surface area contributed by atoms with E-state index in [1.807, 2.05) is 0 Å². The van der Waals surface area contributed by atoms with Crippen LogP contribution < -0.4 is 26.1 Å². The van der Waals surface area contributed by atoms with Crippen LogP contribution in [0.1, 0.15) is 52.7 Å². The van der Waals surface area contributed by atoms with Crippen LogP contribution in [-0.2, 0) is 18.1 Å². The summed E-state index contributed by atoms with van der Waals surface area (Å²) in [5, 5.41) is 17.7. The predicted octanol–water partition coefficient (Wildman–Crippen LogP) is 7.19. The minimum Gasteiger partial charge on any atom is -0.405 e. The van der Waals surface area contributed by atoms with Gasteiger partial charge in [-0.1, -0.05) is 187 Å². The van der Waals surface area contributed by atoms with Gasteiger partial charge in [-0.3, -0.25) is 0 Å². The minimum absolute atomic E-state index is 0.0420. The molecule has 1 fully saturated rings. The lowest BCUT2D eigenvalue weighted by Crippen LogP contribution is -2.67. The van der Waals surface area contributed by atoms with Crippen LogP contribution in [0.15, 0.2) is 140 Å². The molecule has 0 radical (unpaired) electrons. The average molecular weight is 777 g/mol. The summed E-state index contributed by atoms with van der Waals surface area (Å²) in [7, 11) is -5.74. The first-order chi connectivity index (χ1) is 25.8. The number of aliphatic hydroxyl groups is 1. The molecule has 1 aliphatic heterocycles. The van der Waals surface area contributed by atoms with Crippen molar-refractivity contribution in [2.75, 3.05) is 13.2 Å². The first-order valence-corrected chi connectivity index (χ1v) is 23.8. The highest BCUT2D eigenvalue weighted by Crippen LogP contribution is 2.40. The highest BCUT2D eigenvalue weighted by atomic mass is 31.1. The molecule has 5 nitrogen and oxygen atoms in total. The molecule has 5 aromatic carbocycles. The Bertz CT molecular complexity index is 1850. The lowest BCUT2D eigenvalue weighted by molar-refractivity contribution is -0.0323. The number of rotatable bonds is 13. The van der Waals surface area contributed by atoms with E-state index in [0.29, 0.717) is 0 Å². The second-order valence-electron chi connectivity index (χ2n) is 16.7. The third-order valence-corrected chi connectivity index (χ3v) is 22.1. The minimum atomic E-state index is -2.89. The van der Waals surface area contributed by atoms with Gasteiger partial charge in [-0.2, -0.15) is 0 Å². The monoisotopic (exact) mass is 776 g/mol. The van der Waals surface area contributed by atoms with Crippen molar-refractivity contribution < 1.29 is 23.2 Å². The molecular formula is C46H57O5PSi2. The molecule has 6 rings (SSSR count). The van der Waals surface area contributed by atoms with Crippen molar-refractivity contribution in [2.45, 2.75) is 89.9 Å². The van der Waals surface area contributed by atoms with Gasteiger partial charge in [0, 0.05) is 14.1 Å². The second-order valence-corrected chi connectivity index (χ2v) is 26.2. The van der Waals surface area contributed by atoms with Gasteiger partial charge in [0.05, 0.1) is 13.2 Å². The van der Waals surface area contributed by atoms with Crippen LogP contribution in [0.4, 0.5) is 0 Å². The van der Waals surface area contributed by atoms with Crippen LogP contribution in [0, 0.1) is 13.8 Å². The van der Waals surface area contributed by atoms with E-state index in [1.54, 1.807) is 0 Å². The van der Waals surface area contributed by atoms with Gasteiger partial charge in [-0.25, -0.2) is 0 Å². The number of aryl methyl sites for hydroxylation is 2. The molecule has 1 aliphatic rings. The molecule has 0 amide bonds. The van der Waals surface area contributed by atoms with Crippen LogP contribution in [-0.4, -0.2) is 59.4 Å². The molecule has 1 heterocycles. The van der Waals surface area contributed by atoms with Crippen molar-refractivity contribution in [3.05, 3.63) is 151 Å². The Hall–Kier alpha value is -3.24. The van der Waals surface area contributed by atoms with E-state index >= 15 is 0 Å². The molecule has 8 heteroatoms. The topological polar surface area (TPSA) is 57.2 Å². The van der Waals surface area contributed by atoms with E-state index in [0.717, 1.165) is 5.30 Å². The fourth-order valence-electron chi connectivity index (χ4n) is 8.23. The normalized spacial score (nSPS) is 19.8. The number of aliphatic hydroxyl groups excluding tert-OH is 1. The molecule has 1 saturated heterocycles. The van der Waals surface area contributed by atoms with Crippen LogP contribution >= 0.6 is 8.81 Å². The Kier molecular flexibility index (Phi) is 12.6. The number of hydrogen-bond donors (Lipinski definition) is 1. The van der Waals surface area contributed by atoms with E-state index in [9.17, 15) is 5.11 Å². The predicted molar refractivity (Wildman–Crippen MR) is 231 cm³/mol. The largest absolute Gasteiger partial charge is 0.405 e. The Morgan fingerprint density at radius 3 is 1.33 bits per heavy atom. The SMILES string of the molecule is Cc1ccc(PO[C@H]2[C@H](O)[C@@H](CO[Si](c3ccccc3)(c3ccccc3)C(C)(C)C)O[C@@H]2CO[Si](c2ccccc2)(c2ccccc2)C(C)(C)C)c(C)c1. The zero-order chi connectivity index (χ0) is 38.6. The molecule has 0 spiro atoms. The molecule has 1 N–H and O–H groups in total. The summed E-state index contributed by atoms with van der Waals surface area (Å²) >= 11 is 0. The quantitative estimate of drug-likeness (QED) is 0.101. The average Bonchev–Trinajstić information content (AvgIpc) is 3.45. The molecule has 5 atom stereocenters. The summed E-state index contributed by atoms with van der Waals surface area (Å²) < 4.78 is 28.4. The zero-order valence-corrected chi connectivity index (χ0v) is 36.1. The highest BCUT2D eigenvalue weighted by molar-refractivity contribution is 7.42. The van der Waals surface area contributed by atoms with Gasteiger partial charge < -0.3 is 23.2 Å². The van der Waals surface area contributed by atoms with Gasteiger partial charge in [0.2, 0.25) is 0 Å². The lowest BCUT2D eigenvalue weighted by atomic mass is 10.1. The molecule has 0 bridgehead atoms. The van der Waals surface area contributed by atoms with Crippen LogP contribution in [0.3, 0.4) is 0 Å². The van der Waals surface area contributed by atoms with Crippen molar-refractivity contribution in [1.29, 1.82) is 0 Å². The first kappa shape index (κ1) is 40.4. The van der Waals surface area contributed by atoms with Crippen molar-refractivity contribution in [2.24, 2.45) is 0 Å². The Labute approximate surface area is 327 Å². The number of ether oxygens (including phenoxy) is 1. The first-order valence-electron chi connectivity index (χ1n) is 19.1. The smallest absolute Gasteiger partial charge is 0.261 e. The summed E-state index contributed by atoms with van der Waals surface area (Å²) in [6.45, 7) is 18.3. The number of hydrogen-bond acceptors (Lipinski definition) is 5. The number of benzene rings is 5. The van der Waals surface area contributed by atoms with E-state index in [2.05, 4.69) is 195 Å². The zero-order valence-electron chi connectivity index (χ0n) is 33.1. The summed E-state index contributed by atoms with van der Waals surface area (Å²) in [6.07, 6.45) is -2.68. The maximum absolute atomic E-state index is 12.2. The molecular weight excluding hydrogens is 720 g/mol. The summed E-state index contributed by atoms with van der Waals surface area (Å²) in [5.74, 6) is 0. The maximum Gasteiger partial charge on any atom is 0.261 e. The van der Waals surface area contributed by atoms with E-state index in [-0.39, 0.29) is 32.1 Å². The van der Waals surface area contributed by atoms with Crippen molar-refractivity contribution >= 4 is 51.5 Å². The van der Waals surface area contributed by atoms with Crippen molar-refractivity contribution in [1.82, 2.24) is 0 Å². The van der Waals surface area contributed by atoms with Crippen LogP contribution in [0.5, 0.6) is 0 Å². The summed E-state index contributed by atoms with van der Waals surface area (Å²) in [4.78, 5) is 0. The Balaban J connectivity index is 1.35. The van der Waals surface area contributed by atoms with Gasteiger partial charge in [0.1, 0.15) is 24.4 Å². The lowest BCUT2D eigenvalue weighted by Gasteiger charge is -2.44. The molecule has 0 aromatic heterocycles. The van der Waals surface area contributed by atoms with Gasteiger partial charge in [0.15, 0.2) is 0 Å². The summed E-state index contributed by atoms with van der Waals surface area (Å²) in [6, 6.07) is 48.9. The van der Waals surface area contributed by atoms with Gasteiger partial charge in [-0.05, 0) is 50.2 Å². The molecule has 0 saturated carbocycles. The van der Waals surface area contributed by atoms with E-state index in [4.69, 9.17) is 18.1 Å². The van der Waals surface area contributed by atoms with Crippen LogP contribution in [0.2, 0.25) is 10.1 Å². The molecule has 1 unspecified atom stereocenters. The fourth-order valence-corrected chi connectivity index (χ4v) is 18.3. The van der Waals surface area contributed by atoms with Gasteiger partial charge in [0.25, 0.3) is 16.6 Å². The third-order valence-electron chi connectivity index (χ3n) is 10.9.